The second kappa shape index (κ2) is 6.24. The van der Waals surface area contributed by atoms with Crippen LogP contribution in [0.1, 0.15) is 40.0 Å². The molecule has 1 heterocycles. The van der Waals surface area contributed by atoms with Crippen molar-refractivity contribution in [3.05, 3.63) is 0 Å². The Balaban J connectivity index is 2.84. The van der Waals surface area contributed by atoms with Crippen molar-refractivity contribution < 1.29 is 24.2 Å². The average molecular weight is 285 g/mol. The first kappa shape index (κ1) is 16.5. The number of ether oxygens (including phenoxy) is 1. The van der Waals surface area contributed by atoms with Crippen molar-refractivity contribution in [3.63, 3.8) is 0 Å². The second-order valence-electron chi connectivity index (χ2n) is 5.82. The largest absolute Gasteiger partial charge is 0.481 e. The molecular formula is C14H23NO5. The molecule has 0 aromatic rings. The number of nitrogens with zero attached hydrogens (tertiary/aromatic N) is 1. The third kappa shape index (κ3) is 3.11. The lowest BCUT2D eigenvalue weighted by Crippen LogP contribution is -2.45. The van der Waals surface area contributed by atoms with Crippen molar-refractivity contribution in [1.82, 2.24) is 4.90 Å². The zero-order valence-electron chi connectivity index (χ0n) is 12.5. The molecule has 6 nitrogen and oxygen atoms in total. The van der Waals surface area contributed by atoms with Crippen molar-refractivity contribution >= 4 is 17.8 Å². The van der Waals surface area contributed by atoms with Crippen LogP contribution in [0.25, 0.3) is 0 Å². The normalized spacial score (nSPS) is 21.6. The molecule has 0 aliphatic carbocycles. The molecule has 0 radical (unpaired) electrons. The SMILES string of the molecule is COC(=O)C1CCCN1C(=O)CC(C)(C(=O)O)C(C)C. The summed E-state index contributed by atoms with van der Waals surface area (Å²) in [5.74, 6) is -1.90. The number of aliphatic carboxylic acids is 1. The standard InChI is InChI=1S/C14H23NO5/c1-9(2)14(3,13(18)19)8-11(16)15-7-5-6-10(15)12(17)20-4/h9-10H,5-8H2,1-4H3,(H,18,19). The van der Waals surface area contributed by atoms with Crippen molar-refractivity contribution in [1.29, 1.82) is 0 Å². The lowest BCUT2D eigenvalue weighted by molar-refractivity contribution is -0.157. The zero-order valence-corrected chi connectivity index (χ0v) is 12.5. The topological polar surface area (TPSA) is 83.9 Å². The van der Waals surface area contributed by atoms with Crippen LogP contribution in [0, 0.1) is 11.3 Å². The van der Waals surface area contributed by atoms with E-state index in [9.17, 15) is 19.5 Å². The first-order chi connectivity index (χ1) is 9.24. The van der Waals surface area contributed by atoms with Crippen LogP contribution in [0.3, 0.4) is 0 Å². The van der Waals surface area contributed by atoms with E-state index in [0.717, 1.165) is 6.42 Å². The van der Waals surface area contributed by atoms with Gasteiger partial charge in [0.1, 0.15) is 6.04 Å². The Hall–Kier alpha value is -1.59. The van der Waals surface area contributed by atoms with Crippen molar-refractivity contribution in [2.45, 2.75) is 46.1 Å². The highest BCUT2D eigenvalue weighted by atomic mass is 16.5. The van der Waals surface area contributed by atoms with Crippen LogP contribution in [0.5, 0.6) is 0 Å². The molecule has 1 aliphatic heterocycles. The number of likely N-dealkylation sites (tertiary alicyclic amines) is 1. The van der Waals surface area contributed by atoms with E-state index >= 15 is 0 Å². The minimum absolute atomic E-state index is 0.104. The van der Waals surface area contributed by atoms with E-state index in [4.69, 9.17) is 4.74 Å². The molecule has 114 valence electrons. The Morgan fingerprint density at radius 1 is 1.40 bits per heavy atom. The number of carboxylic acid groups (broad SMARTS) is 1. The third-order valence-corrected chi connectivity index (χ3v) is 4.33. The van der Waals surface area contributed by atoms with Crippen LogP contribution in [-0.2, 0) is 19.1 Å². The first-order valence-electron chi connectivity index (χ1n) is 6.84. The molecular weight excluding hydrogens is 262 g/mol. The molecule has 0 aromatic heterocycles. The molecule has 0 spiro atoms. The molecule has 1 amide bonds. The fraction of sp³-hybridized carbons (Fsp3) is 0.786. The van der Waals surface area contributed by atoms with Gasteiger partial charge in [-0.25, -0.2) is 4.79 Å². The fourth-order valence-electron chi connectivity index (χ4n) is 2.39. The Bertz CT molecular complexity index is 406. The number of methoxy groups -OCH3 is 1. The highest BCUT2D eigenvalue weighted by Crippen LogP contribution is 2.33. The number of esters is 1. The van der Waals surface area contributed by atoms with E-state index in [1.807, 2.05) is 0 Å². The molecule has 1 aliphatic rings. The maximum absolute atomic E-state index is 12.4. The van der Waals surface area contributed by atoms with Crippen LogP contribution in [0.15, 0.2) is 0 Å². The van der Waals surface area contributed by atoms with Gasteiger partial charge in [0.05, 0.1) is 12.5 Å². The summed E-state index contributed by atoms with van der Waals surface area (Å²) < 4.78 is 4.69. The highest BCUT2D eigenvalue weighted by molar-refractivity contribution is 5.88. The Kier molecular flexibility index (Phi) is 5.14. The van der Waals surface area contributed by atoms with Crippen molar-refractivity contribution in [3.8, 4) is 0 Å². The fourth-order valence-corrected chi connectivity index (χ4v) is 2.39. The summed E-state index contributed by atoms with van der Waals surface area (Å²) in [6.45, 7) is 5.61. The summed E-state index contributed by atoms with van der Waals surface area (Å²) >= 11 is 0. The molecule has 0 bridgehead atoms. The maximum atomic E-state index is 12.4. The van der Waals surface area contributed by atoms with Gasteiger partial charge >= 0.3 is 11.9 Å². The molecule has 1 saturated heterocycles. The predicted molar refractivity (Wildman–Crippen MR) is 71.9 cm³/mol. The van der Waals surface area contributed by atoms with Crippen LogP contribution in [-0.4, -0.2) is 47.5 Å². The molecule has 6 heteroatoms. The minimum atomic E-state index is -1.12. The Morgan fingerprint density at radius 2 is 2.00 bits per heavy atom. The Labute approximate surface area is 119 Å². The number of carbonyl (C=O) groups is 3. The van der Waals surface area contributed by atoms with E-state index in [1.165, 1.54) is 12.0 Å². The number of carbonyl (C=O) groups excluding carboxylic acids is 2. The van der Waals surface area contributed by atoms with Crippen LogP contribution < -0.4 is 0 Å². The van der Waals surface area contributed by atoms with Gasteiger partial charge in [-0.2, -0.15) is 0 Å². The predicted octanol–water partition coefficient (Wildman–Crippen LogP) is 1.29. The van der Waals surface area contributed by atoms with Gasteiger partial charge in [-0.3, -0.25) is 9.59 Å². The van der Waals surface area contributed by atoms with E-state index < -0.39 is 23.4 Å². The minimum Gasteiger partial charge on any atom is -0.481 e. The summed E-state index contributed by atoms with van der Waals surface area (Å²) in [6, 6.07) is -0.572. The summed E-state index contributed by atoms with van der Waals surface area (Å²) in [6.07, 6.45) is 1.20. The summed E-state index contributed by atoms with van der Waals surface area (Å²) in [5.41, 5.74) is -1.12. The monoisotopic (exact) mass is 285 g/mol. The molecule has 2 unspecified atom stereocenters. The molecule has 20 heavy (non-hydrogen) atoms. The lowest BCUT2D eigenvalue weighted by atomic mass is 9.76. The number of carboxylic acids is 1. The summed E-state index contributed by atoms with van der Waals surface area (Å²) in [7, 11) is 1.29. The van der Waals surface area contributed by atoms with Gasteiger partial charge in [-0.05, 0) is 25.7 Å². The molecule has 0 aromatic carbocycles. The molecule has 0 saturated carbocycles. The summed E-state index contributed by atoms with van der Waals surface area (Å²) in [4.78, 5) is 36.9. The first-order valence-corrected chi connectivity index (χ1v) is 6.84. The number of hydrogen-bond acceptors (Lipinski definition) is 4. The average Bonchev–Trinajstić information content (AvgIpc) is 2.86. The van der Waals surface area contributed by atoms with Gasteiger partial charge in [0.15, 0.2) is 0 Å². The maximum Gasteiger partial charge on any atom is 0.328 e. The Morgan fingerprint density at radius 3 is 2.45 bits per heavy atom. The van der Waals surface area contributed by atoms with Gasteiger partial charge in [0, 0.05) is 13.0 Å². The van der Waals surface area contributed by atoms with E-state index in [0.29, 0.717) is 13.0 Å². The number of amides is 1. The smallest absolute Gasteiger partial charge is 0.328 e. The van der Waals surface area contributed by atoms with Gasteiger partial charge in [0.25, 0.3) is 0 Å². The molecule has 1 N–H and O–H groups in total. The molecule has 1 fully saturated rings. The van der Waals surface area contributed by atoms with Crippen LogP contribution in [0.4, 0.5) is 0 Å². The zero-order chi connectivity index (χ0) is 15.5. The van der Waals surface area contributed by atoms with E-state index in [2.05, 4.69) is 0 Å². The molecule has 2 atom stereocenters. The highest BCUT2D eigenvalue weighted by Gasteiger charge is 2.43. The molecule has 1 rings (SSSR count). The van der Waals surface area contributed by atoms with Gasteiger partial charge in [-0.15, -0.1) is 0 Å². The van der Waals surface area contributed by atoms with Gasteiger partial charge in [-0.1, -0.05) is 13.8 Å². The van der Waals surface area contributed by atoms with Crippen LogP contribution >= 0.6 is 0 Å². The van der Waals surface area contributed by atoms with Gasteiger partial charge in [0.2, 0.25) is 5.91 Å². The second-order valence-corrected chi connectivity index (χ2v) is 5.82. The van der Waals surface area contributed by atoms with Gasteiger partial charge < -0.3 is 14.7 Å². The van der Waals surface area contributed by atoms with Crippen molar-refractivity contribution in [2.75, 3.05) is 13.7 Å². The quantitative estimate of drug-likeness (QED) is 0.769. The van der Waals surface area contributed by atoms with Crippen molar-refractivity contribution in [2.24, 2.45) is 11.3 Å². The van der Waals surface area contributed by atoms with E-state index in [1.54, 1.807) is 20.8 Å². The number of hydrogen-bond donors (Lipinski definition) is 1. The number of rotatable bonds is 5. The summed E-state index contributed by atoms with van der Waals surface area (Å²) in [5, 5.41) is 9.35. The van der Waals surface area contributed by atoms with Crippen LogP contribution in [0.2, 0.25) is 0 Å². The lowest BCUT2D eigenvalue weighted by Gasteiger charge is -2.31. The van der Waals surface area contributed by atoms with E-state index in [-0.39, 0.29) is 18.2 Å². The third-order valence-electron chi connectivity index (χ3n) is 4.33.